The van der Waals surface area contributed by atoms with Crippen LogP contribution in [0.4, 0.5) is 0 Å². The van der Waals surface area contributed by atoms with Crippen LogP contribution in [0.3, 0.4) is 0 Å². The average molecular weight is 255 g/mol. The summed E-state index contributed by atoms with van der Waals surface area (Å²) in [5.74, 6) is 6.32. The molecule has 0 bridgehead atoms. The zero-order valence-electron chi connectivity index (χ0n) is 9.74. The Morgan fingerprint density at radius 2 is 2.41 bits per heavy atom. The summed E-state index contributed by atoms with van der Waals surface area (Å²) < 4.78 is 1.77. The SMILES string of the molecule is Cc1nn(C)c(CC(NN)c2ncc[nH]2)c1Cl. The second-order valence-corrected chi connectivity index (χ2v) is 4.25. The van der Waals surface area contributed by atoms with Gasteiger partial charge >= 0.3 is 0 Å². The fraction of sp³-hybridized carbons (Fsp3) is 0.400. The van der Waals surface area contributed by atoms with Crippen LogP contribution in [0.1, 0.15) is 23.3 Å². The highest BCUT2D eigenvalue weighted by atomic mass is 35.5. The molecule has 1 atom stereocenters. The molecule has 0 saturated heterocycles. The van der Waals surface area contributed by atoms with E-state index >= 15 is 0 Å². The number of nitrogens with zero attached hydrogens (tertiary/aromatic N) is 3. The van der Waals surface area contributed by atoms with Gasteiger partial charge in [0.25, 0.3) is 0 Å². The number of halogens is 1. The molecule has 0 spiro atoms. The lowest BCUT2D eigenvalue weighted by molar-refractivity contribution is 0.509. The zero-order valence-corrected chi connectivity index (χ0v) is 10.5. The highest BCUT2D eigenvalue weighted by molar-refractivity contribution is 6.31. The number of aromatic amines is 1. The molecule has 7 heteroatoms. The van der Waals surface area contributed by atoms with Crippen molar-refractivity contribution in [3.63, 3.8) is 0 Å². The van der Waals surface area contributed by atoms with E-state index in [2.05, 4.69) is 20.5 Å². The van der Waals surface area contributed by atoms with E-state index in [0.29, 0.717) is 11.4 Å². The van der Waals surface area contributed by atoms with Crippen LogP contribution in [-0.2, 0) is 13.5 Å². The van der Waals surface area contributed by atoms with E-state index in [4.69, 9.17) is 17.4 Å². The van der Waals surface area contributed by atoms with Gasteiger partial charge in [0.15, 0.2) is 0 Å². The maximum atomic E-state index is 6.19. The van der Waals surface area contributed by atoms with Crippen molar-refractivity contribution in [3.05, 3.63) is 34.6 Å². The van der Waals surface area contributed by atoms with Crippen molar-refractivity contribution in [3.8, 4) is 0 Å². The monoisotopic (exact) mass is 254 g/mol. The maximum absolute atomic E-state index is 6.19. The van der Waals surface area contributed by atoms with Crippen LogP contribution in [0.2, 0.25) is 5.02 Å². The first-order valence-corrected chi connectivity index (χ1v) is 5.64. The summed E-state index contributed by atoms with van der Waals surface area (Å²) in [5, 5.41) is 4.94. The van der Waals surface area contributed by atoms with Crippen LogP contribution >= 0.6 is 11.6 Å². The van der Waals surface area contributed by atoms with Crippen LogP contribution in [0, 0.1) is 6.92 Å². The molecule has 0 aliphatic heterocycles. The number of imidazole rings is 1. The molecule has 2 rings (SSSR count). The Kier molecular flexibility index (Phi) is 3.46. The quantitative estimate of drug-likeness (QED) is 0.558. The smallest absolute Gasteiger partial charge is 0.124 e. The van der Waals surface area contributed by atoms with Crippen molar-refractivity contribution in [1.29, 1.82) is 0 Å². The van der Waals surface area contributed by atoms with Crippen molar-refractivity contribution in [2.75, 3.05) is 0 Å². The van der Waals surface area contributed by atoms with Gasteiger partial charge in [0.2, 0.25) is 0 Å². The zero-order chi connectivity index (χ0) is 12.4. The lowest BCUT2D eigenvalue weighted by Gasteiger charge is -2.13. The summed E-state index contributed by atoms with van der Waals surface area (Å²) in [6.45, 7) is 1.88. The van der Waals surface area contributed by atoms with Crippen molar-refractivity contribution >= 4 is 11.6 Å². The molecule has 0 amide bonds. The van der Waals surface area contributed by atoms with Gasteiger partial charge in [-0.15, -0.1) is 0 Å². The van der Waals surface area contributed by atoms with Gasteiger partial charge in [-0.25, -0.2) is 10.4 Å². The minimum absolute atomic E-state index is 0.114. The van der Waals surface area contributed by atoms with E-state index < -0.39 is 0 Å². The largest absolute Gasteiger partial charge is 0.347 e. The Balaban J connectivity index is 2.24. The van der Waals surface area contributed by atoms with E-state index in [-0.39, 0.29) is 6.04 Å². The van der Waals surface area contributed by atoms with Crippen LogP contribution in [0.5, 0.6) is 0 Å². The molecule has 2 heterocycles. The molecule has 6 nitrogen and oxygen atoms in total. The number of aromatic nitrogens is 4. The highest BCUT2D eigenvalue weighted by Gasteiger charge is 2.18. The third kappa shape index (κ3) is 2.33. The van der Waals surface area contributed by atoms with Crippen molar-refractivity contribution in [2.24, 2.45) is 12.9 Å². The molecule has 0 aromatic carbocycles. The summed E-state index contributed by atoms with van der Waals surface area (Å²) in [4.78, 5) is 7.21. The Labute approximate surface area is 104 Å². The standard InChI is InChI=1S/C10H15ClN6/c1-6-9(11)8(17(2)16-6)5-7(15-12)10-13-3-4-14-10/h3-4,7,15H,5,12H2,1-2H3,(H,13,14). The van der Waals surface area contributed by atoms with Crippen molar-refractivity contribution in [2.45, 2.75) is 19.4 Å². The number of hydrazine groups is 1. The number of aryl methyl sites for hydroxylation is 2. The second kappa shape index (κ2) is 4.87. The number of hydrogen-bond acceptors (Lipinski definition) is 4. The lowest BCUT2D eigenvalue weighted by Crippen LogP contribution is -2.31. The number of H-pyrrole nitrogens is 1. The van der Waals surface area contributed by atoms with Crippen molar-refractivity contribution in [1.82, 2.24) is 25.2 Å². The molecular formula is C10H15ClN6. The minimum Gasteiger partial charge on any atom is -0.347 e. The Morgan fingerprint density at radius 3 is 2.88 bits per heavy atom. The Bertz CT molecular complexity index is 489. The molecule has 0 fully saturated rings. The first-order valence-electron chi connectivity index (χ1n) is 5.27. The lowest BCUT2D eigenvalue weighted by atomic mass is 10.1. The molecule has 0 radical (unpaired) electrons. The molecule has 1 unspecified atom stereocenters. The van der Waals surface area contributed by atoms with Crippen LogP contribution < -0.4 is 11.3 Å². The summed E-state index contributed by atoms with van der Waals surface area (Å²) in [7, 11) is 1.87. The van der Waals surface area contributed by atoms with Gasteiger partial charge in [0, 0.05) is 25.9 Å². The van der Waals surface area contributed by atoms with Gasteiger partial charge < -0.3 is 4.98 Å². The van der Waals surface area contributed by atoms with Gasteiger partial charge in [-0.2, -0.15) is 5.10 Å². The van der Waals surface area contributed by atoms with Gasteiger partial charge in [-0.1, -0.05) is 11.6 Å². The maximum Gasteiger partial charge on any atom is 0.124 e. The van der Waals surface area contributed by atoms with Crippen LogP contribution in [0.15, 0.2) is 12.4 Å². The van der Waals surface area contributed by atoms with Crippen LogP contribution in [0.25, 0.3) is 0 Å². The van der Waals surface area contributed by atoms with Gasteiger partial charge in [0.1, 0.15) is 5.82 Å². The van der Waals surface area contributed by atoms with Crippen molar-refractivity contribution < 1.29 is 0 Å². The van der Waals surface area contributed by atoms with Crippen LogP contribution in [-0.4, -0.2) is 19.7 Å². The second-order valence-electron chi connectivity index (χ2n) is 3.87. The summed E-state index contributed by atoms with van der Waals surface area (Å²) in [6, 6.07) is -0.114. The van der Waals surface area contributed by atoms with Gasteiger partial charge in [-0.05, 0) is 6.92 Å². The van der Waals surface area contributed by atoms with E-state index in [0.717, 1.165) is 17.2 Å². The average Bonchev–Trinajstić information content (AvgIpc) is 2.89. The molecule has 2 aromatic heterocycles. The Hall–Kier alpha value is -1.37. The number of nitrogens with one attached hydrogen (secondary N) is 2. The predicted octanol–water partition coefficient (Wildman–Crippen LogP) is 0.852. The van der Waals surface area contributed by atoms with E-state index in [1.54, 1.807) is 17.1 Å². The summed E-state index contributed by atoms with van der Waals surface area (Å²) >= 11 is 6.19. The molecule has 17 heavy (non-hydrogen) atoms. The topological polar surface area (TPSA) is 84.6 Å². The molecule has 0 saturated carbocycles. The first kappa shape index (κ1) is 12.1. The Morgan fingerprint density at radius 1 is 1.65 bits per heavy atom. The number of rotatable bonds is 4. The predicted molar refractivity (Wildman–Crippen MR) is 65.3 cm³/mol. The molecule has 0 aliphatic rings. The number of nitrogens with two attached hydrogens (primary N) is 1. The highest BCUT2D eigenvalue weighted by Crippen LogP contribution is 2.23. The molecule has 92 valence electrons. The minimum atomic E-state index is -0.114. The van der Waals surface area contributed by atoms with E-state index in [9.17, 15) is 0 Å². The summed E-state index contributed by atoms with van der Waals surface area (Å²) in [6.07, 6.45) is 4.08. The van der Waals surface area contributed by atoms with Gasteiger partial charge in [-0.3, -0.25) is 10.5 Å². The fourth-order valence-corrected chi connectivity index (χ4v) is 2.04. The third-order valence-electron chi connectivity index (χ3n) is 2.71. The fourth-order valence-electron chi connectivity index (χ4n) is 1.80. The molecule has 4 N–H and O–H groups in total. The van der Waals surface area contributed by atoms with E-state index in [1.165, 1.54) is 0 Å². The van der Waals surface area contributed by atoms with Gasteiger partial charge in [0.05, 0.1) is 22.5 Å². The molecular weight excluding hydrogens is 240 g/mol. The summed E-state index contributed by atoms with van der Waals surface area (Å²) in [5.41, 5.74) is 4.48. The normalized spacial score (nSPS) is 12.9. The van der Waals surface area contributed by atoms with E-state index in [1.807, 2.05) is 14.0 Å². The molecule has 2 aromatic rings. The first-order chi connectivity index (χ1) is 8.13. The molecule has 0 aliphatic carbocycles. The third-order valence-corrected chi connectivity index (χ3v) is 3.20. The number of hydrogen-bond donors (Lipinski definition) is 3.